The molecular weight excluding hydrogens is 404 g/mol. The van der Waals surface area contributed by atoms with E-state index in [2.05, 4.69) is 115 Å². The Morgan fingerprint density at radius 1 is 0.714 bits per heavy atom. The molecule has 0 aliphatic heterocycles. The van der Waals surface area contributed by atoms with E-state index in [0.717, 1.165) is 17.7 Å². The Morgan fingerprint density at radius 3 is 1.93 bits per heavy atom. The van der Waals surface area contributed by atoms with Crippen LogP contribution in [0.5, 0.6) is 0 Å². The maximum absolute atomic E-state index is 3.63. The van der Waals surface area contributed by atoms with Gasteiger partial charge in [-0.1, -0.05) is 121 Å². The van der Waals surface area contributed by atoms with E-state index in [-0.39, 0.29) is 0 Å². The lowest BCUT2D eigenvalue weighted by molar-refractivity contribution is 0.426. The summed E-state index contributed by atoms with van der Waals surface area (Å²) in [5.41, 5.74) is 5.66. The van der Waals surface area contributed by atoms with Crippen molar-refractivity contribution in [2.75, 3.05) is 0 Å². The van der Waals surface area contributed by atoms with Crippen molar-refractivity contribution in [3.8, 4) is 0 Å². The molecule has 0 aliphatic rings. The Bertz CT molecular complexity index is 825. The number of benzene rings is 3. The minimum absolute atomic E-state index is 0.412. The van der Waals surface area contributed by atoms with Gasteiger partial charge in [0.05, 0.1) is 0 Å². The maximum atomic E-state index is 3.63. The summed E-state index contributed by atoms with van der Waals surface area (Å²) >= 11 is 3.63. The lowest BCUT2D eigenvalue weighted by Crippen LogP contribution is -2.11. The van der Waals surface area contributed by atoms with Gasteiger partial charge in [0.2, 0.25) is 0 Å². The van der Waals surface area contributed by atoms with Crippen LogP contribution < -0.4 is 0 Å². The van der Waals surface area contributed by atoms with E-state index in [4.69, 9.17) is 0 Å². The van der Waals surface area contributed by atoms with Crippen LogP contribution in [0.25, 0.3) is 0 Å². The van der Waals surface area contributed by atoms with Crippen LogP contribution in [0.2, 0.25) is 0 Å². The van der Waals surface area contributed by atoms with Gasteiger partial charge in [-0.15, -0.1) is 0 Å². The van der Waals surface area contributed by atoms with Crippen molar-refractivity contribution >= 4 is 15.9 Å². The summed E-state index contributed by atoms with van der Waals surface area (Å²) in [7, 11) is 0. The third-order valence-corrected chi connectivity index (χ3v) is 6.53. The zero-order valence-corrected chi connectivity index (χ0v) is 18.6. The Hall–Kier alpha value is -1.86. The molecule has 28 heavy (non-hydrogen) atoms. The summed E-state index contributed by atoms with van der Waals surface area (Å²) in [5, 5.41) is 0.900. The monoisotopic (exact) mass is 434 g/mol. The quantitative estimate of drug-likeness (QED) is 0.296. The second-order valence-corrected chi connectivity index (χ2v) is 8.50. The predicted octanol–water partition coefficient (Wildman–Crippen LogP) is 8.32. The molecule has 0 aromatic heterocycles. The normalized spacial score (nSPS) is 14.4. The summed E-state index contributed by atoms with van der Waals surface area (Å²) in [4.78, 5) is 0. The van der Waals surface area contributed by atoms with Crippen molar-refractivity contribution in [1.82, 2.24) is 0 Å². The number of hydrogen-bond acceptors (Lipinski definition) is 0. The van der Waals surface area contributed by atoms with Crippen molar-refractivity contribution in [3.05, 3.63) is 107 Å². The van der Waals surface area contributed by atoms with Gasteiger partial charge in [-0.25, -0.2) is 0 Å². The molecule has 3 unspecified atom stereocenters. The van der Waals surface area contributed by atoms with E-state index in [1.165, 1.54) is 35.1 Å². The second kappa shape index (κ2) is 10.6. The van der Waals surface area contributed by atoms with Crippen LogP contribution in [0.1, 0.15) is 67.2 Å². The Labute approximate surface area is 179 Å². The molecular formula is C27H31Br. The van der Waals surface area contributed by atoms with Crippen molar-refractivity contribution in [2.24, 2.45) is 5.92 Å². The summed E-state index contributed by atoms with van der Waals surface area (Å²) < 4.78 is 0. The molecule has 0 bridgehead atoms. The Kier molecular flexibility index (Phi) is 7.91. The van der Waals surface area contributed by atoms with E-state index in [9.17, 15) is 0 Å². The molecule has 0 nitrogen and oxygen atoms in total. The Morgan fingerprint density at radius 2 is 1.32 bits per heavy atom. The first-order valence-corrected chi connectivity index (χ1v) is 11.6. The third-order valence-electron chi connectivity index (χ3n) is 5.88. The van der Waals surface area contributed by atoms with Crippen molar-refractivity contribution in [3.63, 3.8) is 0 Å². The van der Waals surface area contributed by atoms with E-state index < -0.39 is 0 Å². The van der Waals surface area contributed by atoms with E-state index in [1.807, 2.05) is 0 Å². The lowest BCUT2D eigenvalue weighted by atomic mass is 9.77. The van der Waals surface area contributed by atoms with Crippen molar-refractivity contribution in [1.29, 1.82) is 0 Å². The molecule has 0 amide bonds. The number of halogens is 1. The molecule has 3 rings (SSSR count). The van der Waals surface area contributed by atoms with Crippen LogP contribution in [-0.2, 0) is 5.33 Å². The van der Waals surface area contributed by atoms with Crippen LogP contribution in [0.3, 0.4) is 0 Å². The first-order chi connectivity index (χ1) is 13.7. The average Bonchev–Trinajstić information content (AvgIpc) is 2.77. The van der Waals surface area contributed by atoms with Crippen LogP contribution in [0.15, 0.2) is 84.9 Å². The van der Waals surface area contributed by atoms with Gasteiger partial charge in [0.25, 0.3) is 0 Å². The highest BCUT2D eigenvalue weighted by Gasteiger charge is 2.23. The van der Waals surface area contributed by atoms with Gasteiger partial charge in [-0.05, 0) is 46.9 Å². The first kappa shape index (κ1) is 20.9. The molecule has 0 N–H and O–H groups in total. The van der Waals surface area contributed by atoms with Gasteiger partial charge in [0.1, 0.15) is 0 Å². The predicted molar refractivity (Wildman–Crippen MR) is 125 cm³/mol. The van der Waals surface area contributed by atoms with Gasteiger partial charge in [-0.2, -0.15) is 0 Å². The highest BCUT2D eigenvalue weighted by Crippen LogP contribution is 2.38. The second-order valence-electron chi connectivity index (χ2n) is 7.93. The highest BCUT2D eigenvalue weighted by atomic mass is 79.9. The molecule has 146 valence electrons. The fraction of sp³-hybridized carbons (Fsp3) is 0.333. The topological polar surface area (TPSA) is 0 Å². The SMILES string of the molecule is CCC(C)CC(CC(c1ccccc1)c1cccc(CBr)c1)c1ccccc1. The standard InChI is InChI=1S/C27H31Br/c1-3-21(2)17-26(23-12-6-4-7-13-23)19-27(24-14-8-5-9-15-24)25-16-10-11-22(18-25)20-28/h4-16,18,21,26-27H,3,17,19-20H2,1-2H3. The average molecular weight is 435 g/mol. The third kappa shape index (κ3) is 5.58. The first-order valence-electron chi connectivity index (χ1n) is 10.5. The van der Waals surface area contributed by atoms with E-state index in [1.54, 1.807) is 0 Å². The zero-order valence-electron chi connectivity index (χ0n) is 17.0. The molecule has 0 radical (unpaired) electrons. The summed E-state index contributed by atoms with van der Waals surface area (Å²) in [5.74, 6) is 1.71. The molecule has 0 spiro atoms. The van der Waals surface area contributed by atoms with Gasteiger partial charge < -0.3 is 0 Å². The van der Waals surface area contributed by atoms with Gasteiger partial charge in [0.15, 0.2) is 0 Å². The van der Waals surface area contributed by atoms with Crippen LogP contribution >= 0.6 is 15.9 Å². The summed E-state index contributed by atoms with van der Waals surface area (Å²) in [6.07, 6.45) is 3.62. The molecule has 0 fully saturated rings. The molecule has 3 aromatic carbocycles. The summed E-state index contributed by atoms with van der Waals surface area (Å²) in [6, 6.07) is 31.2. The molecule has 1 heteroatoms. The highest BCUT2D eigenvalue weighted by molar-refractivity contribution is 9.08. The minimum Gasteiger partial charge on any atom is -0.0876 e. The van der Waals surface area contributed by atoms with Crippen LogP contribution in [0, 0.1) is 5.92 Å². The summed E-state index contributed by atoms with van der Waals surface area (Å²) in [6.45, 7) is 4.69. The zero-order chi connectivity index (χ0) is 19.8. The largest absolute Gasteiger partial charge is 0.0876 e. The van der Waals surface area contributed by atoms with Crippen molar-refractivity contribution < 1.29 is 0 Å². The van der Waals surface area contributed by atoms with Gasteiger partial charge in [-0.3, -0.25) is 0 Å². The Balaban J connectivity index is 1.98. The molecule has 0 heterocycles. The smallest absolute Gasteiger partial charge is 0.0283 e. The number of alkyl halides is 1. The van der Waals surface area contributed by atoms with Gasteiger partial charge in [0, 0.05) is 11.2 Å². The van der Waals surface area contributed by atoms with Crippen LogP contribution in [-0.4, -0.2) is 0 Å². The molecule has 0 aliphatic carbocycles. The number of rotatable bonds is 9. The molecule has 0 saturated carbocycles. The van der Waals surface area contributed by atoms with E-state index >= 15 is 0 Å². The van der Waals surface area contributed by atoms with E-state index in [0.29, 0.717) is 11.8 Å². The molecule has 0 saturated heterocycles. The van der Waals surface area contributed by atoms with Gasteiger partial charge >= 0.3 is 0 Å². The maximum Gasteiger partial charge on any atom is 0.0283 e. The number of hydrogen-bond donors (Lipinski definition) is 0. The lowest BCUT2D eigenvalue weighted by Gasteiger charge is -2.27. The van der Waals surface area contributed by atoms with Crippen molar-refractivity contribution in [2.45, 2.75) is 50.3 Å². The fourth-order valence-electron chi connectivity index (χ4n) is 4.07. The fourth-order valence-corrected chi connectivity index (χ4v) is 4.42. The molecule has 3 aromatic rings. The minimum atomic E-state index is 0.412. The van der Waals surface area contributed by atoms with Crippen LogP contribution in [0.4, 0.5) is 0 Å². The molecule has 3 atom stereocenters.